The van der Waals surface area contributed by atoms with Crippen LogP contribution in [0.3, 0.4) is 0 Å². The van der Waals surface area contributed by atoms with Crippen molar-refractivity contribution in [2.24, 2.45) is 0 Å². The number of nitrogens with zero attached hydrogens (tertiary/aromatic N) is 3. The Kier molecular flexibility index (Phi) is 8.84. The molecule has 8 nitrogen and oxygen atoms in total. The molecule has 0 radical (unpaired) electrons. The van der Waals surface area contributed by atoms with Crippen LogP contribution in [0.2, 0.25) is 0 Å². The Morgan fingerprint density at radius 2 is 1.94 bits per heavy atom. The van der Waals surface area contributed by atoms with Gasteiger partial charge in [0, 0.05) is 29.8 Å². The zero-order valence-corrected chi connectivity index (χ0v) is 20.1. The number of nitrogens with one attached hydrogen (secondary N) is 2. The minimum Gasteiger partial charge on any atom is -0.384 e. The van der Waals surface area contributed by atoms with E-state index in [1.165, 1.54) is 0 Å². The minimum absolute atomic E-state index is 0. The molecule has 0 unspecified atom stereocenters. The number of para-hydroxylation sites is 1. The van der Waals surface area contributed by atoms with Crippen molar-refractivity contribution in [1.82, 2.24) is 19.9 Å². The molecule has 3 heterocycles. The van der Waals surface area contributed by atoms with E-state index in [-0.39, 0.29) is 42.1 Å². The molecule has 1 atom stereocenters. The van der Waals surface area contributed by atoms with Crippen molar-refractivity contribution in [1.29, 1.82) is 0 Å². The van der Waals surface area contributed by atoms with Gasteiger partial charge in [-0.05, 0) is 49.4 Å². The van der Waals surface area contributed by atoms with E-state index < -0.39 is 6.04 Å². The lowest BCUT2D eigenvalue weighted by atomic mass is 10.1. The van der Waals surface area contributed by atoms with Crippen molar-refractivity contribution < 1.29 is 4.79 Å². The van der Waals surface area contributed by atoms with Crippen LogP contribution in [0.25, 0.3) is 0 Å². The summed E-state index contributed by atoms with van der Waals surface area (Å²) < 4.78 is 1.56. The van der Waals surface area contributed by atoms with Crippen molar-refractivity contribution in [3.63, 3.8) is 0 Å². The Morgan fingerprint density at radius 3 is 2.67 bits per heavy atom. The fourth-order valence-electron chi connectivity index (χ4n) is 3.95. The average Bonchev–Trinajstić information content (AvgIpc) is 3.20. The molecule has 2 aromatic heterocycles. The maximum Gasteiger partial charge on any atom is 0.294 e. The molecule has 10 heteroatoms. The molecule has 4 rings (SSSR count). The van der Waals surface area contributed by atoms with E-state index in [0.717, 1.165) is 34.6 Å². The number of nitrogen functional groups attached to an aromatic ring is 1. The van der Waals surface area contributed by atoms with E-state index in [2.05, 4.69) is 27.5 Å². The summed E-state index contributed by atoms with van der Waals surface area (Å²) in [5, 5.41) is 6.09. The quantitative estimate of drug-likeness (QED) is 0.487. The summed E-state index contributed by atoms with van der Waals surface area (Å²) in [4.78, 5) is 34.7. The number of hydrogen-bond donors (Lipinski definition) is 3. The number of halogens is 2. The van der Waals surface area contributed by atoms with Crippen molar-refractivity contribution in [3.05, 3.63) is 75.5 Å². The second-order valence-electron chi connectivity index (χ2n) is 7.66. The number of rotatable bonds is 6. The standard InChI is InChI=1S/C23H26N6O2.2ClH/c1-3-15-6-4-5-7-18(15)28-21-23(31)29-17(13-25-21)9-10-19(29)22(30)26-12-16-8-11-20(24)27-14(16)2;;/h4-8,11,13,19H,3,9-10,12H2,1-2H3,(H2,24,27)(H,25,28)(H,26,30);2*1H/t19-;;/m0../s1. The van der Waals surface area contributed by atoms with Crippen molar-refractivity contribution in [2.45, 2.75) is 45.7 Å². The first-order chi connectivity index (χ1) is 15.0. The summed E-state index contributed by atoms with van der Waals surface area (Å²) in [5.74, 6) is 0.479. The fraction of sp³-hybridized carbons (Fsp3) is 0.304. The van der Waals surface area contributed by atoms with Crippen LogP contribution in [-0.4, -0.2) is 20.4 Å². The van der Waals surface area contributed by atoms with Gasteiger partial charge in [-0.15, -0.1) is 24.8 Å². The molecule has 0 saturated heterocycles. The van der Waals surface area contributed by atoms with Crippen LogP contribution in [-0.2, 0) is 24.2 Å². The van der Waals surface area contributed by atoms with Gasteiger partial charge >= 0.3 is 0 Å². The fourth-order valence-corrected chi connectivity index (χ4v) is 3.95. The number of fused-ring (bicyclic) bond motifs is 1. The molecule has 0 saturated carbocycles. The summed E-state index contributed by atoms with van der Waals surface area (Å²) in [5.41, 5.74) is 9.78. The van der Waals surface area contributed by atoms with Gasteiger partial charge in [-0.1, -0.05) is 31.2 Å². The van der Waals surface area contributed by atoms with Crippen molar-refractivity contribution in [2.75, 3.05) is 11.1 Å². The first kappa shape index (κ1) is 26.2. The molecule has 176 valence electrons. The van der Waals surface area contributed by atoms with Gasteiger partial charge in [-0.25, -0.2) is 9.97 Å². The van der Waals surface area contributed by atoms with Crippen LogP contribution < -0.4 is 21.9 Å². The Bertz CT molecular complexity index is 1200. The molecule has 33 heavy (non-hydrogen) atoms. The topological polar surface area (TPSA) is 115 Å². The molecule has 4 N–H and O–H groups in total. The lowest BCUT2D eigenvalue weighted by molar-refractivity contribution is -0.124. The van der Waals surface area contributed by atoms with Gasteiger partial charge in [-0.2, -0.15) is 0 Å². The average molecular weight is 491 g/mol. The van der Waals surface area contributed by atoms with E-state index in [9.17, 15) is 9.59 Å². The normalized spacial score (nSPS) is 13.9. The van der Waals surface area contributed by atoms with Gasteiger partial charge in [0.15, 0.2) is 5.82 Å². The molecule has 0 spiro atoms. The van der Waals surface area contributed by atoms with Crippen LogP contribution in [0.1, 0.15) is 41.9 Å². The third-order valence-corrected chi connectivity index (χ3v) is 5.68. The number of carbonyl (C=O) groups is 1. The summed E-state index contributed by atoms with van der Waals surface area (Å²) in [6.07, 6.45) is 3.71. The highest BCUT2D eigenvalue weighted by Crippen LogP contribution is 2.25. The van der Waals surface area contributed by atoms with Crippen LogP contribution in [0.4, 0.5) is 17.3 Å². The highest BCUT2D eigenvalue weighted by Gasteiger charge is 2.30. The van der Waals surface area contributed by atoms with Crippen LogP contribution >= 0.6 is 24.8 Å². The first-order valence-electron chi connectivity index (χ1n) is 10.4. The van der Waals surface area contributed by atoms with Crippen LogP contribution in [0.5, 0.6) is 0 Å². The SMILES string of the molecule is CCc1ccccc1Nc1ncc2n(c1=O)[C@H](C(=O)NCc1ccc(N)nc1C)CC2.Cl.Cl. The van der Waals surface area contributed by atoms with Gasteiger partial charge in [0.25, 0.3) is 5.56 Å². The predicted octanol–water partition coefficient (Wildman–Crippen LogP) is 3.48. The predicted molar refractivity (Wildman–Crippen MR) is 135 cm³/mol. The lowest BCUT2D eigenvalue weighted by Crippen LogP contribution is -2.36. The molecule has 3 aromatic rings. The summed E-state index contributed by atoms with van der Waals surface area (Å²) in [6.45, 7) is 4.24. The highest BCUT2D eigenvalue weighted by molar-refractivity contribution is 5.85. The number of aryl methyl sites for hydroxylation is 3. The second-order valence-corrected chi connectivity index (χ2v) is 7.66. The van der Waals surface area contributed by atoms with E-state index in [4.69, 9.17) is 5.73 Å². The monoisotopic (exact) mass is 490 g/mol. The van der Waals surface area contributed by atoms with E-state index in [1.807, 2.05) is 37.3 Å². The maximum absolute atomic E-state index is 13.2. The number of hydrogen-bond acceptors (Lipinski definition) is 6. The molecule has 1 aliphatic rings. The zero-order chi connectivity index (χ0) is 22.0. The van der Waals surface area contributed by atoms with Crippen LogP contribution in [0, 0.1) is 6.92 Å². The molecule has 1 amide bonds. The molecule has 0 fully saturated rings. The first-order valence-corrected chi connectivity index (χ1v) is 10.4. The number of anilines is 3. The number of aromatic nitrogens is 3. The minimum atomic E-state index is -0.561. The molecule has 1 aliphatic heterocycles. The van der Waals surface area contributed by atoms with Crippen LogP contribution in [0.15, 0.2) is 47.4 Å². The summed E-state index contributed by atoms with van der Waals surface area (Å²) in [6, 6.07) is 10.8. The Hall–Kier alpha value is -3.10. The van der Waals surface area contributed by atoms with Gasteiger partial charge in [0.2, 0.25) is 5.91 Å². The number of benzene rings is 1. The van der Waals surface area contributed by atoms with Gasteiger partial charge in [-0.3, -0.25) is 14.2 Å². The third kappa shape index (κ3) is 5.46. The Labute approximate surface area is 204 Å². The van der Waals surface area contributed by atoms with E-state index >= 15 is 0 Å². The smallest absolute Gasteiger partial charge is 0.294 e. The molecule has 0 aliphatic carbocycles. The number of amides is 1. The van der Waals surface area contributed by atoms with Crippen molar-refractivity contribution in [3.8, 4) is 0 Å². The Balaban J connectivity index is 0.00000193. The third-order valence-electron chi connectivity index (χ3n) is 5.68. The summed E-state index contributed by atoms with van der Waals surface area (Å²) >= 11 is 0. The van der Waals surface area contributed by atoms with E-state index in [1.54, 1.807) is 16.8 Å². The lowest BCUT2D eigenvalue weighted by Gasteiger charge is -2.17. The molecular weight excluding hydrogens is 463 g/mol. The van der Waals surface area contributed by atoms with Gasteiger partial charge in [0.05, 0.1) is 0 Å². The zero-order valence-electron chi connectivity index (χ0n) is 18.5. The van der Waals surface area contributed by atoms with E-state index in [0.29, 0.717) is 25.2 Å². The molecular formula is C23H28Cl2N6O2. The maximum atomic E-state index is 13.2. The largest absolute Gasteiger partial charge is 0.384 e. The number of nitrogens with two attached hydrogens (primary N) is 1. The Morgan fingerprint density at radius 1 is 1.18 bits per heavy atom. The molecule has 0 bridgehead atoms. The van der Waals surface area contributed by atoms with Gasteiger partial charge in [0.1, 0.15) is 11.9 Å². The van der Waals surface area contributed by atoms with Crippen molar-refractivity contribution >= 4 is 48.0 Å². The second kappa shape index (κ2) is 11.2. The molecule has 1 aromatic carbocycles. The highest BCUT2D eigenvalue weighted by atomic mass is 35.5. The number of carbonyl (C=O) groups excluding carboxylic acids is 1. The number of pyridine rings is 1. The summed E-state index contributed by atoms with van der Waals surface area (Å²) in [7, 11) is 0. The van der Waals surface area contributed by atoms with Gasteiger partial charge < -0.3 is 16.4 Å².